The summed E-state index contributed by atoms with van der Waals surface area (Å²) in [6.45, 7) is 5.81. The molecule has 1 heterocycles. The topological polar surface area (TPSA) is 97.4 Å². The average molecular weight is 423 g/mol. The van der Waals surface area contributed by atoms with Crippen LogP contribution in [0.4, 0.5) is 5.69 Å². The molecule has 0 saturated heterocycles. The van der Waals surface area contributed by atoms with E-state index >= 15 is 0 Å². The molecule has 0 unspecified atom stereocenters. The number of ether oxygens (including phenoxy) is 1. The number of aromatic nitrogens is 1. The number of rotatable bonds is 8. The molecular weight excluding hydrogens is 402 g/mol. The first kappa shape index (κ1) is 21.1. The van der Waals surface area contributed by atoms with Crippen molar-refractivity contribution in [2.45, 2.75) is 11.8 Å². The Balaban J connectivity index is 1.64. The molecule has 8 heteroatoms. The highest BCUT2D eigenvalue weighted by Gasteiger charge is 2.14. The van der Waals surface area contributed by atoms with E-state index in [0.29, 0.717) is 29.4 Å². The molecule has 0 aliphatic carbocycles. The van der Waals surface area contributed by atoms with Crippen molar-refractivity contribution in [3.8, 4) is 11.6 Å². The second-order valence-electron chi connectivity index (χ2n) is 6.43. The van der Waals surface area contributed by atoms with Gasteiger partial charge in [-0.05, 0) is 49.4 Å². The highest BCUT2D eigenvalue weighted by molar-refractivity contribution is 7.92. The molecule has 1 amide bonds. The standard InChI is InChI=1S/C22H21N3O4S/c1-3-14-23-22(26)17-6-13-21(24-15-17)29-19-9-7-18(8-10-19)25-30(27,28)20-11-4-16(2)5-12-20/h3-13,15,25H,1,14H2,2H3,(H,23,26). The van der Waals surface area contributed by atoms with Gasteiger partial charge in [0.1, 0.15) is 5.75 Å². The van der Waals surface area contributed by atoms with Gasteiger partial charge in [-0.1, -0.05) is 23.8 Å². The molecule has 1 aromatic heterocycles. The molecule has 0 atom stereocenters. The van der Waals surface area contributed by atoms with Crippen LogP contribution in [0.25, 0.3) is 0 Å². The van der Waals surface area contributed by atoms with Gasteiger partial charge in [-0.3, -0.25) is 9.52 Å². The Morgan fingerprint density at radius 1 is 1.07 bits per heavy atom. The third kappa shape index (κ3) is 5.45. The zero-order valence-electron chi connectivity index (χ0n) is 16.3. The highest BCUT2D eigenvalue weighted by Crippen LogP contribution is 2.23. The van der Waals surface area contributed by atoms with Gasteiger partial charge >= 0.3 is 0 Å². The normalized spacial score (nSPS) is 10.8. The van der Waals surface area contributed by atoms with Crippen LogP contribution >= 0.6 is 0 Å². The molecule has 0 radical (unpaired) electrons. The first-order valence-electron chi connectivity index (χ1n) is 9.10. The zero-order chi connectivity index (χ0) is 21.6. The molecule has 154 valence electrons. The minimum atomic E-state index is -3.67. The summed E-state index contributed by atoms with van der Waals surface area (Å²) in [5.74, 6) is 0.534. The van der Waals surface area contributed by atoms with Crippen LogP contribution in [-0.2, 0) is 10.0 Å². The predicted octanol–water partition coefficient (Wildman–Crippen LogP) is 3.90. The van der Waals surface area contributed by atoms with E-state index in [9.17, 15) is 13.2 Å². The maximum Gasteiger partial charge on any atom is 0.261 e. The lowest BCUT2D eigenvalue weighted by Gasteiger charge is -2.10. The minimum Gasteiger partial charge on any atom is -0.439 e. The summed E-state index contributed by atoms with van der Waals surface area (Å²) in [5.41, 5.74) is 1.80. The van der Waals surface area contributed by atoms with E-state index in [0.717, 1.165) is 5.56 Å². The van der Waals surface area contributed by atoms with Crippen molar-refractivity contribution in [2.24, 2.45) is 0 Å². The third-order valence-electron chi connectivity index (χ3n) is 4.07. The van der Waals surface area contributed by atoms with Crippen LogP contribution < -0.4 is 14.8 Å². The Hall–Kier alpha value is -3.65. The average Bonchev–Trinajstić information content (AvgIpc) is 2.74. The molecule has 3 aromatic rings. The summed E-state index contributed by atoms with van der Waals surface area (Å²) < 4.78 is 33.1. The number of aryl methyl sites for hydroxylation is 1. The molecular formula is C22H21N3O4S. The number of pyridine rings is 1. The van der Waals surface area contributed by atoms with Gasteiger partial charge < -0.3 is 10.1 Å². The molecule has 2 aromatic carbocycles. The van der Waals surface area contributed by atoms with E-state index < -0.39 is 10.0 Å². The van der Waals surface area contributed by atoms with Gasteiger partial charge in [0.15, 0.2) is 0 Å². The summed E-state index contributed by atoms with van der Waals surface area (Å²) in [6, 6.07) is 16.2. The smallest absolute Gasteiger partial charge is 0.261 e. The molecule has 0 spiro atoms. The number of amides is 1. The number of hydrogen-bond donors (Lipinski definition) is 2. The summed E-state index contributed by atoms with van der Waals surface area (Å²) in [6.07, 6.45) is 3.01. The summed E-state index contributed by atoms with van der Waals surface area (Å²) in [7, 11) is -3.67. The Morgan fingerprint density at radius 3 is 2.37 bits per heavy atom. The van der Waals surface area contributed by atoms with E-state index in [1.54, 1.807) is 66.7 Å². The lowest BCUT2D eigenvalue weighted by Crippen LogP contribution is -2.23. The third-order valence-corrected chi connectivity index (χ3v) is 5.46. The maximum atomic E-state index is 12.5. The van der Waals surface area contributed by atoms with Gasteiger partial charge in [0, 0.05) is 24.5 Å². The summed E-state index contributed by atoms with van der Waals surface area (Å²) in [5, 5.41) is 2.66. The fourth-order valence-corrected chi connectivity index (χ4v) is 3.54. The van der Waals surface area contributed by atoms with Crippen LogP contribution in [0, 0.1) is 6.92 Å². The lowest BCUT2D eigenvalue weighted by molar-refractivity contribution is 0.0957. The number of nitrogens with zero attached hydrogens (tertiary/aromatic N) is 1. The van der Waals surface area contributed by atoms with Crippen molar-refractivity contribution >= 4 is 21.6 Å². The van der Waals surface area contributed by atoms with Crippen molar-refractivity contribution in [3.05, 3.63) is 90.6 Å². The van der Waals surface area contributed by atoms with Crippen LogP contribution in [0.3, 0.4) is 0 Å². The van der Waals surface area contributed by atoms with Gasteiger partial charge in [0.25, 0.3) is 15.9 Å². The quantitative estimate of drug-likeness (QED) is 0.536. The Bertz CT molecular complexity index is 1120. The van der Waals surface area contributed by atoms with E-state index in [1.165, 1.54) is 6.20 Å². The molecule has 30 heavy (non-hydrogen) atoms. The molecule has 0 saturated carbocycles. The van der Waals surface area contributed by atoms with Gasteiger partial charge in [0.2, 0.25) is 5.88 Å². The van der Waals surface area contributed by atoms with Crippen molar-refractivity contribution in [1.29, 1.82) is 0 Å². The first-order valence-corrected chi connectivity index (χ1v) is 10.6. The molecule has 3 rings (SSSR count). The second kappa shape index (κ2) is 9.23. The van der Waals surface area contributed by atoms with Crippen molar-refractivity contribution < 1.29 is 17.9 Å². The minimum absolute atomic E-state index is 0.190. The SMILES string of the molecule is C=CCNC(=O)c1ccc(Oc2ccc(NS(=O)(=O)c3ccc(C)cc3)cc2)nc1. The number of hydrogen-bond acceptors (Lipinski definition) is 5. The fourth-order valence-electron chi connectivity index (χ4n) is 2.49. The second-order valence-corrected chi connectivity index (χ2v) is 8.11. The van der Waals surface area contributed by atoms with Crippen LogP contribution in [0.5, 0.6) is 11.6 Å². The number of benzene rings is 2. The molecule has 0 bridgehead atoms. The monoisotopic (exact) mass is 423 g/mol. The van der Waals surface area contributed by atoms with Crippen LogP contribution in [-0.4, -0.2) is 25.9 Å². The van der Waals surface area contributed by atoms with E-state index in [4.69, 9.17) is 4.74 Å². The molecule has 0 aliphatic heterocycles. The van der Waals surface area contributed by atoms with Crippen LogP contribution in [0.1, 0.15) is 15.9 Å². The van der Waals surface area contributed by atoms with Crippen molar-refractivity contribution in [2.75, 3.05) is 11.3 Å². The Kier molecular flexibility index (Phi) is 6.48. The van der Waals surface area contributed by atoms with E-state index in [2.05, 4.69) is 21.6 Å². The maximum absolute atomic E-state index is 12.5. The molecule has 0 aliphatic rings. The summed E-state index contributed by atoms with van der Waals surface area (Å²) >= 11 is 0. The molecule has 2 N–H and O–H groups in total. The van der Waals surface area contributed by atoms with Crippen LogP contribution in [0.15, 0.2) is 84.4 Å². The van der Waals surface area contributed by atoms with Crippen LogP contribution in [0.2, 0.25) is 0 Å². The number of carbonyl (C=O) groups is 1. The van der Waals surface area contributed by atoms with Gasteiger partial charge in [-0.2, -0.15) is 0 Å². The fraction of sp³-hybridized carbons (Fsp3) is 0.0909. The van der Waals surface area contributed by atoms with E-state index in [-0.39, 0.29) is 10.8 Å². The van der Waals surface area contributed by atoms with Gasteiger partial charge in [-0.25, -0.2) is 13.4 Å². The zero-order valence-corrected chi connectivity index (χ0v) is 17.1. The van der Waals surface area contributed by atoms with Crippen molar-refractivity contribution in [3.63, 3.8) is 0 Å². The summed E-state index contributed by atoms with van der Waals surface area (Å²) in [4.78, 5) is 16.1. The Morgan fingerprint density at radius 2 is 1.77 bits per heavy atom. The predicted molar refractivity (Wildman–Crippen MR) is 115 cm³/mol. The molecule has 0 fully saturated rings. The number of anilines is 1. The first-order chi connectivity index (χ1) is 14.4. The van der Waals surface area contributed by atoms with Gasteiger partial charge in [-0.15, -0.1) is 6.58 Å². The van der Waals surface area contributed by atoms with Crippen molar-refractivity contribution in [1.82, 2.24) is 10.3 Å². The number of sulfonamides is 1. The number of nitrogens with one attached hydrogen (secondary N) is 2. The Labute approximate surface area is 175 Å². The molecule has 7 nitrogen and oxygen atoms in total. The highest BCUT2D eigenvalue weighted by atomic mass is 32.2. The van der Waals surface area contributed by atoms with Gasteiger partial charge in [0.05, 0.1) is 10.5 Å². The van der Waals surface area contributed by atoms with E-state index in [1.807, 2.05) is 6.92 Å². The number of carbonyl (C=O) groups excluding carboxylic acids is 1. The largest absolute Gasteiger partial charge is 0.439 e. The lowest BCUT2D eigenvalue weighted by atomic mass is 10.2.